The lowest BCUT2D eigenvalue weighted by Crippen LogP contribution is -2.23. The number of carbonyl (C=O) groups is 1. The number of ketones is 1. The van der Waals surface area contributed by atoms with E-state index in [-0.39, 0.29) is 11.9 Å². The summed E-state index contributed by atoms with van der Waals surface area (Å²) in [7, 11) is 0. The summed E-state index contributed by atoms with van der Waals surface area (Å²) in [6, 6.07) is 5.32. The Balaban J connectivity index is 1.88. The predicted octanol–water partition coefficient (Wildman–Crippen LogP) is 4.06. The van der Waals surface area contributed by atoms with Crippen LogP contribution in [-0.2, 0) is 16.0 Å². The maximum atomic E-state index is 11.9. The second-order valence-corrected chi connectivity index (χ2v) is 5.47. The normalized spacial score (nSPS) is 19.8. The van der Waals surface area contributed by atoms with Crippen molar-refractivity contribution in [2.24, 2.45) is 0 Å². The molecule has 0 saturated carbocycles. The minimum atomic E-state index is 0.106. The molecule has 1 aliphatic rings. The molecule has 0 radical (unpaired) electrons. The minimum absolute atomic E-state index is 0.106. The molecule has 2 nitrogen and oxygen atoms in total. The van der Waals surface area contributed by atoms with Gasteiger partial charge in [0.15, 0.2) is 0 Å². The van der Waals surface area contributed by atoms with Crippen LogP contribution in [0.1, 0.15) is 31.2 Å². The lowest BCUT2D eigenvalue weighted by Gasteiger charge is -2.21. The van der Waals surface area contributed by atoms with Crippen LogP contribution in [0.3, 0.4) is 0 Å². The third-order valence-corrected chi connectivity index (χ3v) is 3.85. The third-order valence-electron chi connectivity index (χ3n) is 3.11. The topological polar surface area (TPSA) is 26.3 Å². The maximum Gasteiger partial charge on any atom is 0.139 e. The highest BCUT2D eigenvalue weighted by Gasteiger charge is 2.17. The Morgan fingerprint density at radius 3 is 2.78 bits per heavy atom. The third kappa shape index (κ3) is 3.98. The van der Waals surface area contributed by atoms with Crippen LogP contribution in [0.5, 0.6) is 0 Å². The monoisotopic (exact) mass is 286 g/mol. The van der Waals surface area contributed by atoms with Gasteiger partial charge >= 0.3 is 0 Å². The van der Waals surface area contributed by atoms with E-state index in [9.17, 15) is 4.79 Å². The molecule has 0 N–H and O–H groups in total. The number of hydrogen-bond donors (Lipinski definition) is 0. The highest BCUT2D eigenvalue weighted by molar-refractivity contribution is 6.42. The fourth-order valence-corrected chi connectivity index (χ4v) is 2.49. The van der Waals surface area contributed by atoms with Gasteiger partial charge in [-0.05, 0) is 37.0 Å². The van der Waals surface area contributed by atoms with Crippen LogP contribution in [0.2, 0.25) is 10.0 Å². The Hall–Kier alpha value is -0.570. The van der Waals surface area contributed by atoms with E-state index in [1.807, 2.05) is 6.07 Å². The van der Waals surface area contributed by atoms with Crippen LogP contribution in [0.25, 0.3) is 0 Å². The van der Waals surface area contributed by atoms with E-state index >= 15 is 0 Å². The predicted molar refractivity (Wildman–Crippen MR) is 73.4 cm³/mol. The molecule has 0 bridgehead atoms. The minimum Gasteiger partial charge on any atom is -0.378 e. The van der Waals surface area contributed by atoms with Crippen molar-refractivity contribution >= 4 is 29.0 Å². The average molecular weight is 287 g/mol. The quantitative estimate of drug-likeness (QED) is 0.834. The fraction of sp³-hybridized carbons (Fsp3) is 0.500. The standard InChI is InChI=1S/C14H16Cl2O2/c15-13-5-4-10(8-14(13)16)7-11(17)9-12-3-1-2-6-18-12/h4-5,8,12H,1-3,6-7,9H2. The summed E-state index contributed by atoms with van der Waals surface area (Å²) in [6.45, 7) is 0.782. The summed E-state index contributed by atoms with van der Waals surface area (Å²) in [6.07, 6.45) is 4.26. The Labute approximate surface area is 117 Å². The summed E-state index contributed by atoms with van der Waals surface area (Å²) < 4.78 is 5.56. The molecule has 1 saturated heterocycles. The Morgan fingerprint density at radius 1 is 1.28 bits per heavy atom. The zero-order valence-corrected chi connectivity index (χ0v) is 11.6. The zero-order chi connectivity index (χ0) is 13.0. The highest BCUT2D eigenvalue weighted by atomic mass is 35.5. The number of carbonyl (C=O) groups excluding carboxylic acids is 1. The van der Waals surface area contributed by atoms with Crippen LogP contribution < -0.4 is 0 Å². The van der Waals surface area contributed by atoms with E-state index in [0.717, 1.165) is 31.4 Å². The van der Waals surface area contributed by atoms with Gasteiger partial charge in [-0.1, -0.05) is 29.3 Å². The molecule has 4 heteroatoms. The molecule has 1 unspecified atom stereocenters. The van der Waals surface area contributed by atoms with E-state index in [1.165, 1.54) is 0 Å². The van der Waals surface area contributed by atoms with Crippen molar-refractivity contribution in [3.8, 4) is 0 Å². The Bertz CT molecular complexity index is 426. The second kappa shape index (κ2) is 6.55. The molecular weight excluding hydrogens is 271 g/mol. The smallest absolute Gasteiger partial charge is 0.139 e. The SMILES string of the molecule is O=C(Cc1ccc(Cl)c(Cl)c1)CC1CCCCO1. The number of benzene rings is 1. The van der Waals surface area contributed by atoms with Crippen LogP contribution >= 0.6 is 23.2 Å². The number of rotatable bonds is 4. The van der Waals surface area contributed by atoms with E-state index in [0.29, 0.717) is 22.9 Å². The lowest BCUT2D eigenvalue weighted by molar-refractivity contribution is -0.122. The van der Waals surface area contributed by atoms with Crippen molar-refractivity contribution in [3.63, 3.8) is 0 Å². The molecule has 1 aliphatic heterocycles. The van der Waals surface area contributed by atoms with E-state index < -0.39 is 0 Å². The van der Waals surface area contributed by atoms with Crippen molar-refractivity contribution in [2.45, 2.75) is 38.2 Å². The molecular formula is C14H16Cl2O2. The molecule has 0 aromatic heterocycles. The molecule has 1 aromatic carbocycles. The molecule has 1 atom stereocenters. The summed E-state index contributed by atoms with van der Waals surface area (Å²) in [5, 5.41) is 1.01. The van der Waals surface area contributed by atoms with Gasteiger partial charge < -0.3 is 4.74 Å². The summed E-state index contributed by atoms with van der Waals surface area (Å²) in [5.41, 5.74) is 0.908. The van der Waals surface area contributed by atoms with Crippen molar-refractivity contribution < 1.29 is 9.53 Å². The maximum absolute atomic E-state index is 11.9. The number of Topliss-reactive ketones (excluding diaryl/α,β-unsaturated/α-hetero) is 1. The van der Waals surface area contributed by atoms with E-state index in [1.54, 1.807) is 12.1 Å². The highest BCUT2D eigenvalue weighted by Crippen LogP contribution is 2.23. The van der Waals surface area contributed by atoms with E-state index in [4.69, 9.17) is 27.9 Å². The van der Waals surface area contributed by atoms with Gasteiger partial charge in [0.25, 0.3) is 0 Å². The van der Waals surface area contributed by atoms with Crippen LogP contribution in [0.15, 0.2) is 18.2 Å². The van der Waals surface area contributed by atoms with Crippen LogP contribution in [0, 0.1) is 0 Å². The molecule has 1 aromatic rings. The zero-order valence-electron chi connectivity index (χ0n) is 10.1. The van der Waals surface area contributed by atoms with Crippen LogP contribution in [-0.4, -0.2) is 18.5 Å². The van der Waals surface area contributed by atoms with Crippen molar-refractivity contribution in [1.82, 2.24) is 0 Å². The van der Waals surface area contributed by atoms with Gasteiger partial charge in [-0.15, -0.1) is 0 Å². The van der Waals surface area contributed by atoms with Gasteiger partial charge in [-0.3, -0.25) is 4.79 Å². The van der Waals surface area contributed by atoms with E-state index in [2.05, 4.69) is 0 Å². The molecule has 18 heavy (non-hydrogen) atoms. The first kappa shape index (κ1) is 13.9. The molecule has 0 aliphatic carbocycles. The van der Waals surface area contributed by atoms with Gasteiger partial charge in [0, 0.05) is 19.4 Å². The van der Waals surface area contributed by atoms with Gasteiger partial charge in [-0.25, -0.2) is 0 Å². The fourth-order valence-electron chi connectivity index (χ4n) is 2.17. The van der Waals surface area contributed by atoms with Crippen molar-refractivity contribution in [3.05, 3.63) is 33.8 Å². The van der Waals surface area contributed by atoms with Crippen molar-refractivity contribution in [1.29, 1.82) is 0 Å². The first-order valence-electron chi connectivity index (χ1n) is 6.22. The van der Waals surface area contributed by atoms with Gasteiger partial charge in [0.05, 0.1) is 16.1 Å². The Morgan fingerprint density at radius 2 is 2.11 bits per heavy atom. The average Bonchev–Trinajstić information content (AvgIpc) is 2.35. The largest absolute Gasteiger partial charge is 0.378 e. The second-order valence-electron chi connectivity index (χ2n) is 4.66. The summed E-state index contributed by atoms with van der Waals surface area (Å²) in [5.74, 6) is 0.195. The number of ether oxygens (including phenoxy) is 1. The molecule has 1 fully saturated rings. The first-order chi connectivity index (χ1) is 8.65. The van der Waals surface area contributed by atoms with Gasteiger partial charge in [0.1, 0.15) is 5.78 Å². The molecule has 1 heterocycles. The number of hydrogen-bond acceptors (Lipinski definition) is 2. The van der Waals surface area contributed by atoms with Crippen LogP contribution in [0.4, 0.5) is 0 Å². The summed E-state index contributed by atoms with van der Waals surface area (Å²) >= 11 is 11.8. The molecule has 0 spiro atoms. The lowest BCUT2D eigenvalue weighted by atomic mass is 10.0. The molecule has 2 rings (SSSR count). The number of halogens is 2. The van der Waals surface area contributed by atoms with Gasteiger partial charge in [0.2, 0.25) is 0 Å². The van der Waals surface area contributed by atoms with Gasteiger partial charge in [-0.2, -0.15) is 0 Å². The summed E-state index contributed by atoms with van der Waals surface area (Å²) in [4.78, 5) is 11.9. The molecule has 0 amide bonds. The Kier molecular flexibility index (Phi) is 5.04. The van der Waals surface area contributed by atoms with Crippen molar-refractivity contribution in [2.75, 3.05) is 6.61 Å². The first-order valence-corrected chi connectivity index (χ1v) is 6.98. The molecule has 98 valence electrons.